The van der Waals surface area contributed by atoms with Crippen molar-refractivity contribution in [2.75, 3.05) is 53.2 Å². The predicted molar refractivity (Wildman–Crippen MR) is 56.8 cm³/mol. The first-order valence-corrected chi connectivity index (χ1v) is 5.16. The molecule has 15 heavy (non-hydrogen) atoms. The molecule has 0 radical (unpaired) electrons. The smallest absolute Gasteiger partial charge is 0.0701 e. The molecule has 0 fully saturated rings. The van der Waals surface area contributed by atoms with Crippen molar-refractivity contribution in [1.82, 2.24) is 5.01 Å². The molecule has 0 amide bonds. The van der Waals surface area contributed by atoms with Gasteiger partial charge in [0.2, 0.25) is 0 Å². The normalized spacial score (nSPS) is 11.1. The van der Waals surface area contributed by atoms with Gasteiger partial charge in [0.15, 0.2) is 0 Å². The van der Waals surface area contributed by atoms with E-state index >= 15 is 0 Å². The van der Waals surface area contributed by atoms with Crippen LogP contribution in [0.1, 0.15) is 6.92 Å². The van der Waals surface area contributed by atoms with Gasteiger partial charge in [0.05, 0.1) is 46.1 Å². The van der Waals surface area contributed by atoms with Crippen molar-refractivity contribution in [2.24, 2.45) is 10.3 Å². The summed E-state index contributed by atoms with van der Waals surface area (Å²) in [4.78, 5) is 0. The fraction of sp³-hybridized carbons (Fsp3) is 1.00. The lowest BCUT2D eigenvalue weighted by Crippen LogP contribution is -2.18. The second-order valence-electron chi connectivity index (χ2n) is 2.88. The van der Waals surface area contributed by atoms with Crippen LogP contribution in [0.2, 0.25) is 0 Å². The van der Waals surface area contributed by atoms with Crippen molar-refractivity contribution in [3.8, 4) is 0 Å². The van der Waals surface area contributed by atoms with Crippen LogP contribution in [0.5, 0.6) is 0 Å². The highest BCUT2D eigenvalue weighted by Gasteiger charge is 1.93. The van der Waals surface area contributed by atoms with Crippen LogP contribution >= 0.6 is 0 Å². The molecule has 0 atom stereocenters. The number of hydrogen-bond donors (Lipinski definition) is 1. The summed E-state index contributed by atoms with van der Waals surface area (Å²) in [7, 11) is 1.85. The van der Waals surface area contributed by atoms with Crippen molar-refractivity contribution >= 4 is 0 Å². The van der Waals surface area contributed by atoms with Crippen molar-refractivity contribution in [3.63, 3.8) is 0 Å². The number of aliphatic hydroxyl groups is 1. The van der Waals surface area contributed by atoms with Gasteiger partial charge in [-0.3, -0.25) is 5.01 Å². The molecule has 0 aromatic heterocycles. The first-order chi connectivity index (χ1) is 7.31. The Hall–Kier alpha value is -0.720. The number of ether oxygens (including phenoxy) is 2. The second kappa shape index (κ2) is 11.4. The van der Waals surface area contributed by atoms with Gasteiger partial charge in [0.25, 0.3) is 0 Å². The Morgan fingerprint density at radius 2 is 1.80 bits per heavy atom. The zero-order valence-corrected chi connectivity index (χ0v) is 9.56. The summed E-state index contributed by atoms with van der Waals surface area (Å²) < 4.78 is 10.3. The van der Waals surface area contributed by atoms with Gasteiger partial charge in [0.1, 0.15) is 0 Å². The van der Waals surface area contributed by atoms with E-state index in [1.54, 1.807) is 5.01 Å². The number of hydrogen-bond acceptors (Lipinski definition) is 5. The van der Waals surface area contributed by atoms with Crippen LogP contribution < -0.4 is 0 Å². The van der Waals surface area contributed by atoms with E-state index < -0.39 is 0 Å². The molecule has 6 nitrogen and oxygen atoms in total. The van der Waals surface area contributed by atoms with E-state index in [1.807, 2.05) is 14.0 Å². The molecule has 0 aliphatic rings. The van der Waals surface area contributed by atoms with Crippen LogP contribution in [0.4, 0.5) is 0 Å². The molecule has 1 N–H and O–H groups in total. The summed E-state index contributed by atoms with van der Waals surface area (Å²) in [6.07, 6.45) is 0. The average Bonchev–Trinajstić information content (AvgIpc) is 2.25. The Labute approximate surface area is 90.9 Å². The Balaban J connectivity index is 3.12. The Morgan fingerprint density at radius 3 is 2.40 bits per heavy atom. The Bertz CT molecular complexity index is 156. The predicted octanol–water partition coefficient (Wildman–Crippen LogP) is 0.331. The lowest BCUT2D eigenvalue weighted by atomic mass is 10.6. The quantitative estimate of drug-likeness (QED) is 0.327. The van der Waals surface area contributed by atoms with Gasteiger partial charge in [-0.1, -0.05) is 5.22 Å². The van der Waals surface area contributed by atoms with Crippen LogP contribution in [0, 0.1) is 0 Å². The van der Waals surface area contributed by atoms with Crippen LogP contribution in [-0.2, 0) is 9.47 Å². The molecule has 0 aromatic carbocycles. The molecule has 0 rings (SSSR count). The van der Waals surface area contributed by atoms with Gasteiger partial charge in [-0.15, -0.1) is 0 Å². The molecule has 0 heterocycles. The van der Waals surface area contributed by atoms with Crippen LogP contribution in [0.15, 0.2) is 10.3 Å². The molecule has 0 saturated carbocycles. The summed E-state index contributed by atoms with van der Waals surface area (Å²) in [5.41, 5.74) is 0. The SMILES string of the molecule is CC/N=N\N(C)CCOCCOCCO. The molecular formula is C9H21N3O3. The number of likely N-dealkylation sites (N-methyl/N-ethyl adjacent to an activating group) is 1. The van der Waals surface area contributed by atoms with Gasteiger partial charge in [-0.05, 0) is 6.92 Å². The molecule has 0 spiro atoms. The Morgan fingerprint density at radius 1 is 1.13 bits per heavy atom. The van der Waals surface area contributed by atoms with E-state index in [0.717, 1.165) is 0 Å². The largest absolute Gasteiger partial charge is 0.394 e. The lowest BCUT2D eigenvalue weighted by molar-refractivity contribution is 0.0278. The third-order valence-electron chi connectivity index (χ3n) is 1.52. The van der Waals surface area contributed by atoms with Crippen molar-refractivity contribution in [3.05, 3.63) is 0 Å². The molecule has 6 heteroatoms. The van der Waals surface area contributed by atoms with E-state index in [1.165, 1.54) is 0 Å². The zero-order valence-electron chi connectivity index (χ0n) is 9.56. The zero-order chi connectivity index (χ0) is 11.4. The highest BCUT2D eigenvalue weighted by Crippen LogP contribution is 1.86. The van der Waals surface area contributed by atoms with E-state index in [0.29, 0.717) is 39.5 Å². The lowest BCUT2D eigenvalue weighted by Gasteiger charge is -2.11. The highest BCUT2D eigenvalue weighted by atomic mass is 16.5. The second-order valence-corrected chi connectivity index (χ2v) is 2.88. The Kier molecular flexibility index (Phi) is 10.8. The third-order valence-corrected chi connectivity index (χ3v) is 1.52. The molecule has 0 aromatic rings. The van der Waals surface area contributed by atoms with Crippen LogP contribution in [0.25, 0.3) is 0 Å². The molecule has 0 saturated heterocycles. The molecule has 0 aliphatic carbocycles. The monoisotopic (exact) mass is 219 g/mol. The first-order valence-electron chi connectivity index (χ1n) is 5.16. The molecule has 0 bridgehead atoms. The summed E-state index contributed by atoms with van der Waals surface area (Å²) in [6.45, 7) is 5.42. The van der Waals surface area contributed by atoms with Crippen LogP contribution in [0.3, 0.4) is 0 Å². The maximum atomic E-state index is 8.43. The van der Waals surface area contributed by atoms with E-state index in [2.05, 4.69) is 10.3 Å². The standard InChI is InChI=1S/C9H21N3O3/c1-3-10-11-12(2)4-6-14-8-9-15-7-5-13/h13H,3-9H2,1-2H3/b11-10-. The topological polar surface area (TPSA) is 66.7 Å². The van der Waals surface area contributed by atoms with Crippen molar-refractivity contribution in [1.29, 1.82) is 0 Å². The highest BCUT2D eigenvalue weighted by molar-refractivity contribution is 4.40. The minimum absolute atomic E-state index is 0.0557. The maximum absolute atomic E-state index is 8.43. The summed E-state index contributed by atoms with van der Waals surface area (Å²) in [5.74, 6) is 0. The third kappa shape index (κ3) is 11.2. The van der Waals surface area contributed by atoms with Gasteiger partial charge in [0, 0.05) is 7.05 Å². The molecular weight excluding hydrogens is 198 g/mol. The van der Waals surface area contributed by atoms with Gasteiger partial charge in [-0.25, -0.2) is 0 Å². The minimum atomic E-state index is 0.0557. The van der Waals surface area contributed by atoms with Gasteiger partial charge >= 0.3 is 0 Å². The minimum Gasteiger partial charge on any atom is -0.394 e. The fourth-order valence-corrected chi connectivity index (χ4v) is 0.799. The number of nitrogens with zero attached hydrogens (tertiary/aromatic N) is 3. The summed E-state index contributed by atoms with van der Waals surface area (Å²) in [6, 6.07) is 0. The van der Waals surface area contributed by atoms with E-state index in [4.69, 9.17) is 14.6 Å². The molecule has 90 valence electrons. The van der Waals surface area contributed by atoms with E-state index in [-0.39, 0.29) is 6.61 Å². The molecule has 0 aliphatic heterocycles. The van der Waals surface area contributed by atoms with E-state index in [9.17, 15) is 0 Å². The molecule has 0 unspecified atom stereocenters. The number of aliphatic hydroxyl groups excluding tert-OH is 1. The van der Waals surface area contributed by atoms with Gasteiger partial charge < -0.3 is 14.6 Å². The summed E-state index contributed by atoms with van der Waals surface area (Å²) in [5, 5.41) is 17.9. The number of rotatable bonds is 10. The maximum Gasteiger partial charge on any atom is 0.0701 e. The summed E-state index contributed by atoms with van der Waals surface area (Å²) >= 11 is 0. The van der Waals surface area contributed by atoms with Crippen molar-refractivity contribution < 1.29 is 14.6 Å². The average molecular weight is 219 g/mol. The first kappa shape index (κ1) is 14.3. The fourth-order valence-electron chi connectivity index (χ4n) is 0.799. The van der Waals surface area contributed by atoms with Crippen LogP contribution in [-0.4, -0.2) is 63.3 Å². The van der Waals surface area contributed by atoms with Crippen molar-refractivity contribution in [2.45, 2.75) is 6.92 Å². The van der Waals surface area contributed by atoms with Gasteiger partial charge in [-0.2, -0.15) is 5.11 Å².